The normalized spacial score (nSPS) is 12.9. The van der Waals surface area contributed by atoms with Crippen molar-refractivity contribution < 1.29 is 28.1 Å². The Morgan fingerprint density at radius 2 is 1.96 bits per heavy atom. The first-order valence-electron chi connectivity index (χ1n) is 7.72. The molecule has 5 nitrogen and oxygen atoms in total. The first-order valence-corrected chi connectivity index (χ1v) is 7.72. The van der Waals surface area contributed by atoms with Crippen LogP contribution < -0.4 is 14.2 Å². The molecule has 0 aliphatic carbocycles. The fourth-order valence-corrected chi connectivity index (χ4v) is 2.38. The minimum Gasteiger partial charge on any atom is -0.496 e. The third-order valence-corrected chi connectivity index (χ3v) is 3.59. The van der Waals surface area contributed by atoms with Crippen molar-refractivity contribution in [2.24, 2.45) is 0 Å². The maximum atomic E-state index is 13.3. The first-order chi connectivity index (χ1) is 12.2. The van der Waals surface area contributed by atoms with Crippen molar-refractivity contribution in [2.75, 3.05) is 20.3 Å². The van der Waals surface area contributed by atoms with Gasteiger partial charge in [-0.2, -0.15) is 0 Å². The summed E-state index contributed by atoms with van der Waals surface area (Å²) >= 11 is 0. The molecule has 1 aliphatic rings. The molecule has 1 heterocycles. The van der Waals surface area contributed by atoms with Crippen LogP contribution in [0.5, 0.6) is 17.2 Å². The standard InChI is InChI=1S/C19H17FO5/c1-22-16-6-4-15(20)11-14(16)12-25-19(21)7-3-13-2-5-17-18(10-13)24-9-8-23-17/h2-7,10-11H,8-9,12H2,1H3/b7-3+. The Hall–Kier alpha value is -3.02. The second-order valence-corrected chi connectivity index (χ2v) is 5.30. The van der Waals surface area contributed by atoms with Gasteiger partial charge in [-0.15, -0.1) is 0 Å². The molecule has 0 radical (unpaired) electrons. The summed E-state index contributed by atoms with van der Waals surface area (Å²) in [5.74, 6) is 0.834. The Morgan fingerprint density at radius 1 is 1.16 bits per heavy atom. The number of carbonyl (C=O) groups excluding carboxylic acids is 1. The van der Waals surface area contributed by atoms with Gasteiger partial charge in [-0.25, -0.2) is 9.18 Å². The molecular formula is C19H17FO5. The number of methoxy groups -OCH3 is 1. The largest absolute Gasteiger partial charge is 0.496 e. The number of esters is 1. The topological polar surface area (TPSA) is 54.0 Å². The monoisotopic (exact) mass is 344 g/mol. The lowest BCUT2D eigenvalue weighted by Gasteiger charge is -2.18. The van der Waals surface area contributed by atoms with Gasteiger partial charge in [0, 0.05) is 11.6 Å². The minimum atomic E-state index is -0.541. The molecule has 1 aliphatic heterocycles. The van der Waals surface area contributed by atoms with Crippen molar-refractivity contribution in [3.8, 4) is 17.2 Å². The summed E-state index contributed by atoms with van der Waals surface area (Å²) in [6, 6.07) is 9.43. The molecule has 0 amide bonds. The van der Waals surface area contributed by atoms with Crippen molar-refractivity contribution in [1.82, 2.24) is 0 Å². The highest BCUT2D eigenvalue weighted by Gasteiger charge is 2.11. The van der Waals surface area contributed by atoms with Gasteiger partial charge in [-0.05, 0) is 42.0 Å². The molecule has 25 heavy (non-hydrogen) atoms. The van der Waals surface area contributed by atoms with Crippen molar-refractivity contribution in [2.45, 2.75) is 6.61 Å². The summed E-state index contributed by atoms with van der Waals surface area (Å²) in [5, 5.41) is 0. The van der Waals surface area contributed by atoms with E-state index in [0.29, 0.717) is 36.0 Å². The zero-order valence-corrected chi connectivity index (χ0v) is 13.7. The van der Waals surface area contributed by atoms with Crippen LogP contribution in [0.25, 0.3) is 6.08 Å². The molecule has 0 unspecified atom stereocenters. The van der Waals surface area contributed by atoms with Gasteiger partial charge in [0.2, 0.25) is 0 Å². The highest BCUT2D eigenvalue weighted by atomic mass is 19.1. The van der Waals surface area contributed by atoms with E-state index in [4.69, 9.17) is 18.9 Å². The molecule has 6 heteroatoms. The van der Waals surface area contributed by atoms with Crippen molar-refractivity contribution in [1.29, 1.82) is 0 Å². The zero-order chi connectivity index (χ0) is 17.6. The summed E-state index contributed by atoms with van der Waals surface area (Å²) in [6.07, 6.45) is 2.92. The van der Waals surface area contributed by atoms with Crippen LogP contribution in [0.4, 0.5) is 4.39 Å². The Bertz CT molecular complexity index is 800. The number of hydrogen-bond acceptors (Lipinski definition) is 5. The van der Waals surface area contributed by atoms with E-state index in [2.05, 4.69) is 0 Å². The number of benzene rings is 2. The molecule has 0 saturated carbocycles. The SMILES string of the molecule is COc1ccc(F)cc1COC(=O)/C=C/c1ccc2c(c1)OCCO2. The highest BCUT2D eigenvalue weighted by molar-refractivity contribution is 5.87. The number of fused-ring (bicyclic) bond motifs is 1. The lowest BCUT2D eigenvalue weighted by Crippen LogP contribution is -2.15. The smallest absolute Gasteiger partial charge is 0.331 e. The third-order valence-electron chi connectivity index (χ3n) is 3.59. The van der Waals surface area contributed by atoms with Gasteiger partial charge in [0.15, 0.2) is 11.5 Å². The molecule has 0 N–H and O–H groups in total. The van der Waals surface area contributed by atoms with E-state index >= 15 is 0 Å². The van der Waals surface area contributed by atoms with Gasteiger partial charge in [0.25, 0.3) is 0 Å². The fourth-order valence-electron chi connectivity index (χ4n) is 2.38. The van der Waals surface area contributed by atoms with Crippen molar-refractivity contribution in [3.63, 3.8) is 0 Å². The van der Waals surface area contributed by atoms with Gasteiger partial charge >= 0.3 is 5.97 Å². The van der Waals surface area contributed by atoms with E-state index in [1.54, 1.807) is 18.2 Å². The lowest BCUT2D eigenvalue weighted by molar-refractivity contribution is -0.138. The summed E-state index contributed by atoms with van der Waals surface area (Å²) in [6.45, 7) is 0.945. The van der Waals surface area contributed by atoms with Crippen LogP contribution in [0, 0.1) is 5.82 Å². The van der Waals surface area contributed by atoms with Crippen LogP contribution >= 0.6 is 0 Å². The number of ether oxygens (including phenoxy) is 4. The molecule has 0 atom stereocenters. The maximum Gasteiger partial charge on any atom is 0.331 e. The highest BCUT2D eigenvalue weighted by Crippen LogP contribution is 2.31. The first kappa shape index (κ1) is 16.8. The molecule has 130 valence electrons. The predicted octanol–water partition coefficient (Wildman–Crippen LogP) is 3.36. The van der Waals surface area contributed by atoms with Crippen LogP contribution in [0.3, 0.4) is 0 Å². The van der Waals surface area contributed by atoms with E-state index in [-0.39, 0.29) is 6.61 Å². The number of rotatable bonds is 5. The van der Waals surface area contributed by atoms with E-state index in [0.717, 1.165) is 5.56 Å². The van der Waals surface area contributed by atoms with Crippen LogP contribution in [-0.2, 0) is 16.1 Å². The van der Waals surface area contributed by atoms with Crippen LogP contribution in [0.1, 0.15) is 11.1 Å². The Balaban J connectivity index is 1.61. The summed E-state index contributed by atoms with van der Waals surface area (Å²) < 4.78 is 34.5. The van der Waals surface area contributed by atoms with Crippen molar-refractivity contribution in [3.05, 3.63) is 59.4 Å². The Morgan fingerprint density at radius 3 is 2.76 bits per heavy atom. The van der Waals surface area contributed by atoms with Gasteiger partial charge in [-0.3, -0.25) is 0 Å². The Labute approximate surface area is 144 Å². The molecule has 0 fully saturated rings. The van der Waals surface area contributed by atoms with Gasteiger partial charge in [0.05, 0.1) is 7.11 Å². The lowest BCUT2D eigenvalue weighted by atomic mass is 10.2. The minimum absolute atomic E-state index is 0.0781. The molecule has 3 rings (SSSR count). The molecule has 2 aromatic carbocycles. The predicted molar refractivity (Wildman–Crippen MR) is 89.2 cm³/mol. The summed E-state index contributed by atoms with van der Waals surface area (Å²) in [5.41, 5.74) is 1.24. The molecule has 0 spiro atoms. The average Bonchev–Trinajstić information content (AvgIpc) is 2.64. The maximum absolute atomic E-state index is 13.3. The summed E-state index contributed by atoms with van der Waals surface area (Å²) in [4.78, 5) is 11.9. The van der Waals surface area contributed by atoms with Gasteiger partial charge < -0.3 is 18.9 Å². The van der Waals surface area contributed by atoms with Gasteiger partial charge in [-0.1, -0.05) is 6.07 Å². The van der Waals surface area contributed by atoms with Crippen LogP contribution in [0.15, 0.2) is 42.5 Å². The molecular weight excluding hydrogens is 327 g/mol. The number of halogens is 1. The summed E-state index contributed by atoms with van der Waals surface area (Å²) in [7, 11) is 1.47. The molecule has 2 aromatic rings. The zero-order valence-electron chi connectivity index (χ0n) is 13.7. The van der Waals surface area contributed by atoms with Gasteiger partial charge in [0.1, 0.15) is 31.4 Å². The Kier molecular flexibility index (Phi) is 5.18. The van der Waals surface area contributed by atoms with Crippen molar-refractivity contribution >= 4 is 12.0 Å². The number of hydrogen-bond donors (Lipinski definition) is 0. The molecule has 0 saturated heterocycles. The van der Waals surface area contributed by atoms with E-state index < -0.39 is 11.8 Å². The van der Waals surface area contributed by atoms with Crippen LogP contribution in [0.2, 0.25) is 0 Å². The second kappa shape index (κ2) is 7.70. The average molecular weight is 344 g/mol. The van der Waals surface area contributed by atoms with E-state index in [1.165, 1.54) is 31.4 Å². The van der Waals surface area contributed by atoms with E-state index in [1.807, 2.05) is 6.07 Å². The molecule has 0 bridgehead atoms. The molecule has 0 aromatic heterocycles. The fraction of sp³-hybridized carbons (Fsp3) is 0.211. The third kappa shape index (κ3) is 4.29. The second-order valence-electron chi connectivity index (χ2n) is 5.30. The van der Waals surface area contributed by atoms with Crippen LogP contribution in [-0.4, -0.2) is 26.3 Å². The van der Waals surface area contributed by atoms with E-state index in [9.17, 15) is 9.18 Å². The quantitative estimate of drug-likeness (QED) is 0.615. The number of carbonyl (C=O) groups is 1.